The van der Waals surface area contributed by atoms with Gasteiger partial charge < -0.3 is 0 Å². The average molecular weight is 177 g/mol. The Morgan fingerprint density at radius 3 is 2.90 bits per heavy atom. The number of thiophene rings is 1. The molecule has 0 atom stereocenters. The van der Waals surface area contributed by atoms with Crippen LogP contribution in [0.2, 0.25) is 5.02 Å². The Labute approximate surface area is 66.8 Å². The number of carbonyl (C=O) groups excluding carboxylic acids is 1. The Bertz CT molecular complexity index is 248. The fourth-order valence-electron chi connectivity index (χ4n) is 0.521. The molecule has 3 nitrogen and oxygen atoms in total. The van der Waals surface area contributed by atoms with E-state index < -0.39 is 0 Å². The molecule has 10 heavy (non-hydrogen) atoms. The molecule has 0 fully saturated rings. The van der Waals surface area contributed by atoms with E-state index in [1.165, 1.54) is 11.3 Å². The van der Waals surface area contributed by atoms with Crippen LogP contribution in [0.4, 0.5) is 0 Å². The maximum absolute atomic E-state index is 10.8. The Hall–Kier alpha value is -0.580. The minimum Gasteiger partial charge on any atom is -0.289 e. The fourth-order valence-corrected chi connectivity index (χ4v) is 1.57. The normalized spacial score (nSPS) is 9.40. The summed E-state index contributed by atoms with van der Waals surface area (Å²) in [5, 5.41) is 2.17. The van der Waals surface area contributed by atoms with Gasteiger partial charge in [-0.15, -0.1) is 11.3 Å². The number of carbonyl (C=O) groups is 1. The third-order valence-corrected chi connectivity index (χ3v) is 2.29. The van der Waals surface area contributed by atoms with Crippen molar-refractivity contribution in [1.29, 1.82) is 0 Å². The van der Waals surface area contributed by atoms with E-state index in [1.807, 2.05) is 5.43 Å². The summed E-state index contributed by atoms with van der Waals surface area (Å²) in [6, 6.07) is 1.65. The molecule has 1 aromatic heterocycles. The molecule has 0 saturated heterocycles. The molecule has 0 aliphatic heterocycles. The van der Waals surface area contributed by atoms with E-state index in [0.29, 0.717) is 9.90 Å². The van der Waals surface area contributed by atoms with E-state index in [-0.39, 0.29) is 5.91 Å². The largest absolute Gasteiger partial charge is 0.289 e. The molecule has 0 aromatic carbocycles. The average Bonchev–Trinajstić information content (AvgIpc) is 2.34. The van der Waals surface area contributed by atoms with E-state index >= 15 is 0 Å². The van der Waals surface area contributed by atoms with Crippen LogP contribution in [0.1, 0.15) is 9.67 Å². The number of hydrazine groups is 1. The molecule has 0 saturated carbocycles. The van der Waals surface area contributed by atoms with Crippen molar-refractivity contribution in [3.05, 3.63) is 21.3 Å². The number of halogens is 1. The van der Waals surface area contributed by atoms with Crippen molar-refractivity contribution >= 4 is 28.8 Å². The number of hydrogen-bond acceptors (Lipinski definition) is 3. The molecule has 1 aromatic rings. The van der Waals surface area contributed by atoms with E-state index in [4.69, 9.17) is 17.4 Å². The number of nitrogen functional groups attached to an aromatic ring is 1. The van der Waals surface area contributed by atoms with E-state index in [9.17, 15) is 4.79 Å². The van der Waals surface area contributed by atoms with Crippen LogP contribution >= 0.6 is 22.9 Å². The summed E-state index contributed by atoms with van der Waals surface area (Å²) >= 11 is 6.87. The number of nitrogens with two attached hydrogens (primary N) is 1. The van der Waals surface area contributed by atoms with Crippen molar-refractivity contribution in [2.24, 2.45) is 5.84 Å². The van der Waals surface area contributed by atoms with Gasteiger partial charge in [-0.2, -0.15) is 0 Å². The molecule has 0 radical (unpaired) electrons. The molecule has 54 valence electrons. The second kappa shape index (κ2) is 3.01. The second-order valence-corrected chi connectivity index (χ2v) is 2.89. The monoisotopic (exact) mass is 176 g/mol. The lowest BCUT2D eigenvalue weighted by Gasteiger charge is -1.93. The highest BCUT2D eigenvalue weighted by molar-refractivity contribution is 7.12. The third-order valence-electron chi connectivity index (χ3n) is 0.955. The highest BCUT2D eigenvalue weighted by atomic mass is 35.5. The van der Waals surface area contributed by atoms with Gasteiger partial charge in [0.25, 0.3) is 5.91 Å². The van der Waals surface area contributed by atoms with Crippen LogP contribution in [-0.4, -0.2) is 5.91 Å². The van der Waals surface area contributed by atoms with Crippen LogP contribution < -0.4 is 11.3 Å². The highest BCUT2D eigenvalue weighted by Crippen LogP contribution is 2.20. The minimum absolute atomic E-state index is 0.347. The van der Waals surface area contributed by atoms with Crippen molar-refractivity contribution in [3.8, 4) is 0 Å². The topological polar surface area (TPSA) is 55.1 Å². The quantitative estimate of drug-likeness (QED) is 0.381. The van der Waals surface area contributed by atoms with Crippen LogP contribution in [0.5, 0.6) is 0 Å². The minimum atomic E-state index is -0.347. The van der Waals surface area contributed by atoms with Gasteiger partial charge in [-0.1, -0.05) is 11.6 Å². The van der Waals surface area contributed by atoms with Gasteiger partial charge in [-0.05, 0) is 11.4 Å². The second-order valence-electron chi connectivity index (χ2n) is 1.57. The summed E-state index contributed by atoms with van der Waals surface area (Å²) in [7, 11) is 0. The predicted octanol–water partition coefficient (Wildman–Crippen LogP) is 1.00. The van der Waals surface area contributed by atoms with E-state index in [0.717, 1.165) is 0 Å². The van der Waals surface area contributed by atoms with Crippen LogP contribution in [0, 0.1) is 0 Å². The number of hydrogen-bond donors (Lipinski definition) is 2. The van der Waals surface area contributed by atoms with Gasteiger partial charge >= 0.3 is 0 Å². The Kier molecular flexibility index (Phi) is 2.26. The summed E-state index contributed by atoms with van der Waals surface area (Å²) in [5.74, 6) is 4.53. The zero-order valence-corrected chi connectivity index (χ0v) is 6.50. The zero-order chi connectivity index (χ0) is 7.56. The lowest BCUT2D eigenvalue weighted by molar-refractivity contribution is 0.0958. The lowest BCUT2D eigenvalue weighted by Crippen LogP contribution is -2.29. The molecule has 3 N–H and O–H groups in total. The van der Waals surface area contributed by atoms with Crippen molar-refractivity contribution < 1.29 is 4.79 Å². The van der Waals surface area contributed by atoms with Crippen LogP contribution in [-0.2, 0) is 0 Å². The molecule has 0 unspecified atom stereocenters. The van der Waals surface area contributed by atoms with Crippen molar-refractivity contribution in [1.82, 2.24) is 5.43 Å². The number of nitrogens with one attached hydrogen (secondary N) is 1. The van der Waals surface area contributed by atoms with Gasteiger partial charge in [0.05, 0.1) is 5.02 Å². The maximum Gasteiger partial charge on any atom is 0.276 e. The van der Waals surface area contributed by atoms with Gasteiger partial charge in [0, 0.05) is 0 Å². The summed E-state index contributed by atoms with van der Waals surface area (Å²) in [5.41, 5.74) is 2.00. The maximum atomic E-state index is 10.8. The predicted molar refractivity (Wildman–Crippen MR) is 41.0 cm³/mol. The van der Waals surface area contributed by atoms with Gasteiger partial charge in [-0.3, -0.25) is 10.2 Å². The molecular formula is C5H5ClN2OS. The number of amides is 1. The van der Waals surface area contributed by atoms with Crippen LogP contribution in [0.3, 0.4) is 0 Å². The van der Waals surface area contributed by atoms with Crippen LogP contribution in [0.15, 0.2) is 11.4 Å². The zero-order valence-electron chi connectivity index (χ0n) is 4.93. The lowest BCUT2D eigenvalue weighted by atomic mass is 10.4. The van der Waals surface area contributed by atoms with Gasteiger partial charge in [-0.25, -0.2) is 5.84 Å². The van der Waals surface area contributed by atoms with Crippen molar-refractivity contribution in [3.63, 3.8) is 0 Å². The Morgan fingerprint density at radius 2 is 2.50 bits per heavy atom. The summed E-state index contributed by atoms with van der Waals surface area (Å²) in [6.07, 6.45) is 0. The van der Waals surface area contributed by atoms with Crippen molar-refractivity contribution in [2.75, 3.05) is 0 Å². The smallest absolute Gasteiger partial charge is 0.276 e. The summed E-state index contributed by atoms with van der Waals surface area (Å²) in [4.78, 5) is 11.2. The summed E-state index contributed by atoms with van der Waals surface area (Å²) < 4.78 is 0. The first-order chi connectivity index (χ1) is 4.75. The van der Waals surface area contributed by atoms with Crippen LogP contribution in [0.25, 0.3) is 0 Å². The van der Waals surface area contributed by atoms with E-state index in [1.54, 1.807) is 11.4 Å². The first-order valence-corrected chi connectivity index (χ1v) is 3.75. The first kappa shape index (κ1) is 7.53. The Morgan fingerprint density at radius 1 is 1.80 bits per heavy atom. The Balaban J connectivity index is 2.93. The molecule has 0 aliphatic rings. The molecule has 0 spiro atoms. The third kappa shape index (κ3) is 1.29. The van der Waals surface area contributed by atoms with E-state index in [2.05, 4.69) is 0 Å². The molecule has 5 heteroatoms. The standard InChI is InChI=1S/C5H5ClN2OS/c6-3-1-2-10-4(3)5(9)8-7/h1-2H,7H2,(H,8,9). The SMILES string of the molecule is NNC(=O)c1sccc1Cl. The molecule has 0 aliphatic carbocycles. The molecule has 1 heterocycles. The van der Waals surface area contributed by atoms with Gasteiger partial charge in [0.2, 0.25) is 0 Å². The summed E-state index contributed by atoms with van der Waals surface area (Å²) in [6.45, 7) is 0. The number of rotatable bonds is 1. The molecule has 1 amide bonds. The first-order valence-electron chi connectivity index (χ1n) is 2.49. The van der Waals surface area contributed by atoms with Gasteiger partial charge in [0.15, 0.2) is 0 Å². The molecule has 0 bridgehead atoms. The molecule has 1 rings (SSSR count). The highest BCUT2D eigenvalue weighted by Gasteiger charge is 2.08. The van der Waals surface area contributed by atoms with Gasteiger partial charge in [0.1, 0.15) is 4.88 Å². The fraction of sp³-hybridized carbons (Fsp3) is 0. The molecular weight excluding hydrogens is 172 g/mol. The van der Waals surface area contributed by atoms with Crippen molar-refractivity contribution in [2.45, 2.75) is 0 Å².